The van der Waals surface area contributed by atoms with Gasteiger partial charge in [-0.25, -0.2) is 0 Å². The van der Waals surface area contributed by atoms with Crippen molar-refractivity contribution < 1.29 is 14.1 Å². The summed E-state index contributed by atoms with van der Waals surface area (Å²) in [7, 11) is 0. The lowest BCUT2D eigenvalue weighted by molar-refractivity contribution is -0.121. The summed E-state index contributed by atoms with van der Waals surface area (Å²) in [6.45, 7) is 8.83. The normalized spacial score (nSPS) is 15.2. The number of benzene rings is 1. The highest BCUT2D eigenvalue weighted by Gasteiger charge is 2.12. The van der Waals surface area contributed by atoms with Crippen LogP contribution in [0.3, 0.4) is 0 Å². The Morgan fingerprint density at radius 1 is 1.23 bits per heavy atom. The van der Waals surface area contributed by atoms with E-state index >= 15 is 0 Å². The molecule has 0 saturated carbocycles. The van der Waals surface area contributed by atoms with Crippen molar-refractivity contribution in [2.24, 2.45) is 0 Å². The van der Waals surface area contributed by atoms with E-state index in [4.69, 9.17) is 9.26 Å². The number of ether oxygens (including phenoxy) is 1. The van der Waals surface area contributed by atoms with E-state index in [1.807, 2.05) is 13.8 Å². The van der Waals surface area contributed by atoms with Crippen LogP contribution < -0.4 is 5.32 Å². The van der Waals surface area contributed by atoms with Crippen molar-refractivity contribution in [3.63, 3.8) is 0 Å². The summed E-state index contributed by atoms with van der Waals surface area (Å²) in [6.07, 6.45) is 1.10. The van der Waals surface area contributed by atoms with E-state index < -0.39 is 0 Å². The largest absolute Gasteiger partial charge is 0.379 e. The smallest absolute Gasteiger partial charge is 0.220 e. The van der Waals surface area contributed by atoms with Crippen molar-refractivity contribution in [3.05, 3.63) is 52.4 Å². The Hall–Kier alpha value is -2.18. The minimum absolute atomic E-state index is 0.0450. The van der Waals surface area contributed by atoms with Crippen LogP contribution in [-0.2, 0) is 29.0 Å². The molecule has 0 spiro atoms. The van der Waals surface area contributed by atoms with Gasteiger partial charge in [-0.15, -0.1) is 0 Å². The van der Waals surface area contributed by atoms with E-state index in [0.29, 0.717) is 19.4 Å². The van der Waals surface area contributed by atoms with Crippen molar-refractivity contribution in [3.8, 4) is 0 Å². The summed E-state index contributed by atoms with van der Waals surface area (Å²) in [4.78, 5) is 14.5. The van der Waals surface area contributed by atoms with Gasteiger partial charge < -0.3 is 14.6 Å². The lowest BCUT2D eigenvalue weighted by Gasteiger charge is -2.26. The molecule has 0 aliphatic carbocycles. The minimum atomic E-state index is 0.0450. The molecule has 0 unspecified atom stereocenters. The molecule has 0 atom stereocenters. The molecule has 1 aliphatic heterocycles. The molecular weight excluding hydrogens is 330 g/mol. The molecule has 1 aliphatic rings. The van der Waals surface area contributed by atoms with E-state index in [1.54, 1.807) is 0 Å². The minimum Gasteiger partial charge on any atom is -0.379 e. The first-order valence-electron chi connectivity index (χ1n) is 9.18. The van der Waals surface area contributed by atoms with Gasteiger partial charge in [-0.1, -0.05) is 29.4 Å². The van der Waals surface area contributed by atoms with Crippen molar-refractivity contribution in [1.82, 2.24) is 15.4 Å². The van der Waals surface area contributed by atoms with Gasteiger partial charge in [0.1, 0.15) is 5.76 Å². The quantitative estimate of drug-likeness (QED) is 0.824. The zero-order chi connectivity index (χ0) is 18.4. The van der Waals surface area contributed by atoms with Gasteiger partial charge in [0.15, 0.2) is 0 Å². The van der Waals surface area contributed by atoms with Crippen LogP contribution in [0.5, 0.6) is 0 Å². The third-order valence-electron chi connectivity index (χ3n) is 4.77. The maximum absolute atomic E-state index is 12.2. The number of aromatic nitrogens is 1. The fraction of sp³-hybridized carbons (Fsp3) is 0.500. The van der Waals surface area contributed by atoms with Crippen LogP contribution in [0.2, 0.25) is 0 Å². The monoisotopic (exact) mass is 357 g/mol. The number of hydrogen-bond donors (Lipinski definition) is 1. The van der Waals surface area contributed by atoms with Crippen molar-refractivity contribution in [1.29, 1.82) is 0 Å². The van der Waals surface area contributed by atoms with Gasteiger partial charge in [0.2, 0.25) is 5.91 Å². The van der Waals surface area contributed by atoms with Crippen molar-refractivity contribution in [2.45, 2.75) is 39.8 Å². The van der Waals surface area contributed by atoms with Gasteiger partial charge in [0.25, 0.3) is 0 Å². The Morgan fingerprint density at radius 2 is 2.00 bits per heavy atom. The molecule has 140 valence electrons. The Balaban J connectivity index is 1.46. The maximum atomic E-state index is 12.2. The number of morpholine rings is 1. The number of amides is 1. The molecule has 0 radical (unpaired) electrons. The van der Waals surface area contributed by atoms with E-state index in [-0.39, 0.29) is 5.91 Å². The number of rotatable bonds is 7. The Labute approximate surface area is 154 Å². The highest BCUT2D eigenvalue weighted by atomic mass is 16.5. The molecule has 2 heterocycles. The molecule has 6 nitrogen and oxygen atoms in total. The molecule has 1 N–H and O–H groups in total. The molecule has 2 aromatic rings. The van der Waals surface area contributed by atoms with Crippen LogP contribution in [0.15, 0.2) is 28.8 Å². The third kappa shape index (κ3) is 5.16. The molecule has 1 amide bonds. The number of aryl methyl sites for hydroxylation is 2. The van der Waals surface area contributed by atoms with E-state index in [1.165, 1.54) is 5.56 Å². The fourth-order valence-corrected chi connectivity index (χ4v) is 3.24. The van der Waals surface area contributed by atoms with Crippen LogP contribution >= 0.6 is 0 Å². The summed E-state index contributed by atoms with van der Waals surface area (Å²) in [5.74, 6) is 0.842. The zero-order valence-electron chi connectivity index (χ0n) is 15.6. The molecular formula is C20H27N3O3. The van der Waals surface area contributed by atoms with Gasteiger partial charge in [0.05, 0.1) is 18.9 Å². The molecule has 0 bridgehead atoms. The topological polar surface area (TPSA) is 67.6 Å². The van der Waals surface area contributed by atoms with Crippen LogP contribution in [0.4, 0.5) is 0 Å². The molecule has 3 rings (SSSR count). The predicted molar refractivity (Wildman–Crippen MR) is 98.7 cm³/mol. The summed E-state index contributed by atoms with van der Waals surface area (Å²) < 4.78 is 10.5. The van der Waals surface area contributed by atoms with Crippen molar-refractivity contribution >= 4 is 5.91 Å². The lowest BCUT2D eigenvalue weighted by atomic mass is 10.1. The number of nitrogens with zero attached hydrogens (tertiary/aromatic N) is 2. The van der Waals surface area contributed by atoms with Crippen LogP contribution in [0, 0.1) is 13.8 Å². The summed E-state index contributed by atoms with van der Waals surface area (Å²) >= 11 is 0. The Morgan fingerprint density at radius 3 is 2.73 bits per heavy atom. The zero-order valence-corrected chi connectivity index (χ0v) is 15.6. The Bertz CT molecular complexity index is 716. The summed E-state index contributed by atoms with van der Waals surface area (Å²) in [6, 6.07) is 8.42. The maximum Gasteiger partial charge on any atom is 0.220 e. The number of hydrogen-bond acceptors (Lipinski definition) is 5. The molecule has 1 aromatic carbocycles. The van der Waals surface area contributed by atoms with Crippen LogP contribution in [0.1, 0.15) is 34.6 Å². The first-order valence-corrected chi connectivity index (χ1v) is 9.18. The standard InChI is InChI=1S/C20H27N3O3/c1-15-19(16(2)26-22-15)6-7-20(24)21-13-17-4-3-5-18(12-17)14-23-8-10-25-11-9-23/h3-5,12H,6-11,13-14H2,1-2H3,(H,21,24). The van der Waals surface area contributed by atoms with Gasteiger partial charge in [-0.2, -0.15) is 0 Å². The van der Waals surface area contributed by atoms with Crippen LogP contribution in [-0.4, -0.2) is 42.3 Å². The fourth-order valence-electron chi connectivity index (χ4n) is 3.24. The van der Waals surface area contributed by atoms with Crippen LogP contribution in [0.25, 0.3) is 0 Å². The predicted octanol–water partition coefficient (Wildman–Crippen LogP) is 2.37. The summed E-state index contributed by atoms with van der Waals surface area (Å²) in [5, 5.41) is 6.93. The number of carbonyl (C=O) groups excluding carboxylic acids is 1. The molecule has 1 saturated heterocycles. The van der Waals surface area contributed by atoms with Gasteiger partial charge in [0, 0.05) is 38.2 Å². The number of carbonyl (C=O) groups is 1. The molecule has 26 heavy (non-hydrogen) atoms. The first-order chi connectivity index (χ1) is 12.6. The van der Waals surface area contributed by atoms with E-state index in [9.17, 15) is 4.79 Å². The van der Waals surface area contributed by atoms with E-state index in [0.717, 1.165) is 55.4 Å². The van der Waals surface area contributed by atoms with Crippen molar-refractivity contribution in [2.75, 3.05) is 26.3 Å². The second kappa shape index (κ2) is 8.96. The molecule has 1 fully saturated rings. The highest BCUT2D eigenvalue weighted by Crippen LogP contribution is 2.14. The molecule has 1 aromatic heterocycles. The average Bonchev–Trinajstić information content (AvgIpc) is 2.97. The van der Waals surface area contributed by atoms with Gasteiger partial charge in [-0.05, 0) is 31.4 Å². The van der Waals surface area contributed by atoms with Gasteiger partial charge >= 0.3 is 0 Å². The molecule has 6 heteroatoms. The number of nitrogens with one attached hydrogen (secondary N) is 1. The second-order valence-corrected chi connectivity index (χ2v) is 6.79. The Kier molecular flexibility index (Phi) is 6.41. The second-order valence-electron chi connectivity index (χ2n) is 6.79. The average molecular weight is 357 g/mol. The first kappa shape index (κ1) is 18.6. The third-order valence-corrected chi connectivity index (χ3v) is 4.77. The summed E-state index contributed by atoms with van der Waals surface area (Å²) in [5.41, 5.74) is 4.30. The highest BCUT2D eigenvalue weighted by molar-refractivity contribution is 5.76. The SMILES string of the molecule is Cc1noc(C)c1CCC(=O)NCc1cccc(CN2CCOCC2)c1. The lowest BCUT2D eigenvalue weighted by Crippen LogP contribution is -2.35. The van der Waals surface area contributed by atoms with E-state index in [2.05, 4.69) is 39.6 Å². The van der Waals surface area contributed by atoms with Gasteiger partial charge in [-0.3, -0.25) is 9.69 Å².